The lowest BCUT2D eigenvalue weighted by molar-refractivity contribution is 0.204. The number of urea groups is 1. The number of hydrogen-bond acceptors (Lipinski definition) is 3. The van der Waals surface area contributed by atoms with E-state index in [2.05, 4.69) is 4.99 Å². The molecule has 158 valence electrons. The van der Waals surface area contributed by atoms with Crippen LogP contribution >= 0.6 is 7.75 Å². The fourth-order valence-corrected chi connectivity index (χ4v) is 3.25. The van der Waals surface area contributed by atoms with E-state index >= 15 is 0 Å². The molecule has 9 heteroatoms. The zero-order chi connectivity index (χ0) is 21.3. The van der Waals surface area contributed by atoms with E-state index in [0.717, 1.165) is 31.5 Å². The van der Waals surface area contributed by atoms with Gasteiger partial charge in [-0.05, 0) is 44.0 Å². The Hall–Kier alpha value is -1.89. The van der Waals surface area contributed by atoms with Crippen LogP contribution in [0.4, 0.5) is 16.2 Å². The summed E-state index contributed by atoms with van der Waals surface area (Å²) in [6.45, 7) is 6.82. The van der Waals surface area contributed by atoms with Crippen molar-refractivity contribution in [3.05, 3.63) is 24.3 Å². The van der Waals surface area contributed by atoms with Crippen LogP contribution in [0.5, 0.6) is 0 Å². The predicted molar refractivity (Wildman–Crippen MR) is 114 cm³/mol. The molecule has 0 heterocycles. The Morgan fingerprint density at radius 1 is 1.04 bits per heavy atom. The van der Waals surface area contributed by atoms with Crippen molar-refractivity contribution in [2.45, 2.75) is 46.5 Å². The number of aliphatic imine (C=N–C) groups is 1. The van der Waals surface area contributed by atoms with Crippen LogP contribution in [0.15, 0.2) is 29.3 Å². The van der Waals surface area contributed by atoms with Crippen molar-refractivity contribution in [1.29, 1.82) is 0 Å². The Morgan fingerprint density at radius 2 is 1.54 bits per heavy atom. The maximum atomic E-state index is 13.0. The first-order chi connectivity index (χ1) is 13.1. The van der Waals surface area contributed by atoms with Crippen LogP contribution in [0, 0.1) is 0 Å². The highest BCUT2D eigenvalue weighted by Gasteiger charge is 2.35. The van der Waals surface area contributed by atoms with E-state index in [1.54, 1.807) is 12.1 Å². The average Bonchev–Trinajstić information content (AvgIpc) is 2.62. The smallest absolute Gasteiger partial charge is 0.366 e. The largest absolute Gasteiger partial charge is 0.438 e. The van der Waals surface area contributed by atoms with Gasteiger partial charge in [-0.25, -0.2) is 14.4 Å². The Bertz CT molecular complexity index is 692. The first-order valence-corrected chi connectivity index (χ1v) is 11.2. The van der Waals surface area contributed by atoms with Gasteiger partial charge in [-0.15, -0.1) is 0 Å². The summed E-state index contributed by atoms with van der Waals surface area (Å²) in [5.74, 6) is 0.793. The highest BCUT2D eigenvalue weighted by molar-refractivity contribution is 7.54. The number of carbonyl (C=O) groups is 1. The maximum absolute atomic E-state index is 13.0. The second-order valence-corrected chi connectivity index (χ2v) is 8.30. The Kier molecular flexibility index (Phi) is 9.65. The van der Waals surface area contributed by atoms with Gasteiger partial charge in [0.05, 0.1) is 11.4 Å². The molecule has 0 aliphatic carbocycles. The van der Waals surface area contributed by atoms with Crippen molar-refractivity contribution in [3.8, 4) is 0 Å². The Balaban J connectivity index is 3.18. The molecule has 0 fully saturated rings. The third-order valence-corrected chi connectivity index (χ3v) is 5.23. The van der Waals surface area contributed by atoms with Gasteiger partial charge in [-0.1, -0.05) is 26.7 Å². The van der Waals surface area contributed by atoms with Crippen molar-refractivity contribution in [2.75, 3.05) is 31.9 Å². The van der Waals surface area contributed by atoms with E-state index in [-0.39, 0.29) is 5.69 Å². The van der Waals surface area contributed by atoms with E-state index in [4.69, 9.17) is 0 Å². The standard InChI is InChI=1S/C19H33N4O4P/c1-6-8-14-22(15-9-7-2)19(24)23(28(25,26)27)18-12-10-17(11-13-18)20-16(3)21(4)5/h10-13H,6-9,14-15H2,1-5H3,(H2,25,26,27). The summed E-state index contributed by atoms with van der Waals surface area (Å²) in [5.41, 5.74) is 0.791. The summed E-state index contributed by atoms with van der Waals surface area (Å²) in [6, 6.07) is 5.63. The number of hydrogen-bond donors (Lipinski definition) is 2. The predicted octanol–water partition coefficient (Wildman–Crippen LogP) is 4.22. The van der Waals surface area contributed by atoms with Crippen molar-refractivity contribution in [2.24, 2.45) is 4.99 Å². The van der Waals surface area contributed by atoms with Gasteiger partial charge in [0, 0.05) is 27.2 Å². The number of anilines is 1. The molecule has 0 atom stereocenters. The molecule has 0 saturated heterocycles. The van der Waals surface area contributed by atoms with Gasteiger partial charge >= 0.3 is 13.8 Å². The number of nitrogens with zero attached hydrogens (tertiary/aromatic N) is 4. The third kappa shape index (κ3) is 7.26. The van der Waals surface area contributed by atoms with Crippen LogP contribution in [0.2, 0.25) is 0 Å². The number of rotatable bonds is 9. The quantitative estimate of drug-likeness (QED) is 0.360. The van der Waals surface area contributed by atoms with Gasteiger partial charge in [0.15, 0.2) is 0 Å². The molecule has 0 aliphatic heterocycles. The minimum atomic E-state index is -4.83. The second-order valence-electron chi connectivity index (χ2n) is 6.87. The van der Waals surface area contributed by atoms with Crippen LogP contribution in [0.3, 0.4) is 0 Å². The van der Waals surface area contributed by atoms with Crippen LogP contribution < -0.4 is 4.67 Å². The molecule has 0 aromatic heterocycles. The molecule has 1 rings (SSSR count). The number of amidine groups is 1. The first-order valence-electron chi connectivity index (χ1n) is 9.59. The lowest BCUT2D eigenvalue weighted by Gasteiger charge is -2.31. The van der Waals surface area contributed by atoms with E-state index in [9.17, 15) is 19.1 Å². The summed E-state index contributed by atoms with van der Waals surface area (Å²) in [4.78, 5) is 40.5. The van der Waals surface area contributed by atoms with Crippen LogP contribution in [-0.2, 0) is 4.57 Å². The summed E-state index contributed by atoms with van der Waals surface area (Å²) in [6.07, 6.45) is 3.34. The topological polar surface area (TPSA) is 96.7 Å². The minimum Gasteiger partial charge on any atom is -0.366 e. The summed E-state index contributed by atoms with van der Waals surface area (Å²) in [5, 5.41) is 0. The van der Waals surface area contributed by atoms with E-state index in [1.165, 1.54) is 17.0 Å². The third-order valence-electron chi connectivity index (χ3n) is 4.31. The normalized spacial score (nSPS) is 12.0. The van der Waals surface area contributed by atoms with Crippen molar-refractivity contribution < 1.29 is 19.1 Å². The van der Waals surface area contributed by atoms with E-state index < -0.39 is 13.8 Å². The van der Waals surface area contributed by atoms with Gasteiger partial charge in [-0.2, -0.15) is 4.67 Å². The molecule has 1 aromatic carbocycles. The van der Waals surface area contributed by atoms with Gasteiger partial charge in [0.2, 0.25) is 0 Å². The summed E-state index contributed by atoms with van der Waals surface area (Å²) < 4.78 is 12.7. The number of unbranched alkanes of at least 4 members (excludes halogenated alkanes) is 2. The molecule has 2 amide bonds. The number of benzene rings is 1. The lowest BCUT2D eigenvalue weighted by Crippen LogP contribution is -2.42. The molecule has 1 aromatic rings. The monoisotopic (exact) mass is 412 g/mol. The Labute approximate surface area is 168 Å². The zero-order valence-electron chi connectivity index (χ0n) is 17.5. The average molecular weight is 412 g/mol. The molecule has 0 unspecified atom stereocenters. The lowest BCUT2D eigenvalue weighted by atomic mass is 10.2. The van der Waals surface area contributed by atoms with Crippen LogP contribution in [0.25, 0.3) is 0 Å². The molecule has 0 aliphatic rings. The van der Waals surface area contributed by atoms with Crippen molar-refractivity contribution >= 4 is 31.0 Å². The zero-order valence-corrected chi connectivity index (χ0v) is 18.4. The summed E-state index contributed by atoms with van der Waals surface area (Å²) >= 11 is 0. The fourth-order valence-electron chi connectivity index (χ4n) is 2.46. The van der Waals surface area contributed by atoms with E-state index in [0.29, 0.717) is 23.4 Å². The van der Waals surface area contributed by atoms with Crippen molar-refractivity contribution in [1.82, 2.24) is 9.80 Å². The minimum absolute atomic E-state index is 0.151. The highest BCUT2D eigenvalue weighted by Crippen LogP contribution is 2.45. The maximum Gasteiger partial charge on any atom is 0.438 e. The number of carbonyl (C=O) groups excluding carboxylic acids is 1. The molecular formula is C19H33N4O4P. The van der Waals surface area contributed by atoms with Gasteiger partial charge in [0.1, 0.15) is 5.84 Å². The second kappa shape index (κ2) is 11.2. The molecule has 0 saturated carbocycles. The first kappa shape index (κ1) is 24.1. The van der Waals surface area contributed by atoms with Gasteiger partial charge in [0.25, 0.3) is 0 Å². The van der Waals surface area contributed by atoms with Crippen molar-refractivity contribution in [3.63, 3.8) is 0 Å². The van der Waals surface area contributed by atoms with Gasteiger partial charge < -0.3 is 19.6 Å². The highest BCUT2D eigenvalue weighted by atomic mass is 31.2. The number of amides is 2. The van der Waals surface area contributed by atoms with Gasteiger partial charge in [-0.3, -0.25) is 0 Å². The molecule has 0 radical (unpaired) electrons. The van der Waals surface area contributed by atoms with E-state index in [1.807, 2.05) is 39.8 Å². The molecule has 2 N–H and O–H groups in total. The molecule has 8 nitrogen and oxygen atoms in total. The molecular weight excluding hydrogens is 379 g/mol. The molecule has 0 bridgehead atoms. The molecule has 28 heavy (non-hydrogen) atoms. The fraction of sp³-hybridized carbons (Fsp3) is 0.579. The SMILES string of the molecule is CCCCN(CCCC)C(=O)N(c1ccc(N=C(C)N(C)C)cc1)P(=O)(O)O. The summed E-state index contributed by atoms with van der Waals surface area (Å²) in [7, 11) is -1.08. The van der Waals surface area contributed by atoms with Crippen LogP contribution in [-0.4, -0.2) is 58.6 Å². The Morgan fingerprint density at radius 3 is 1.93 bits per heavy atom. The molecule has 0 spiro atoms. The van der Waals surface area contributed by atoms with Crippen LogP contribution in [0.1, 0.15) is 46.5 Å².